The van der Waals surface area contributed by atoms with Crippen molar-refractivity contribution in [3.63, 3.8) is 0 Å². The van der Waals surface area contributed by atoms with E-state index in [1.807, 2.05) is 0 Å². The number of carbonyl (C=O) groups excluding carboxylic acids is 1. The fraction of sp³-hybridized carbons (Fsp3) is 0.320. The van der Waals surface area contributed by atoms with Gasteiger partial charge in [-0.1, -0.05) is 47.5 Å². The molecule has 2 atom stereocenters. The number of halogens is 2. The Kier molecular flexibility index (Phi) is 5.69. The van der Waals surface area contributed by atoms with Gasteiger partial charge in [-0.05, 0) is 49.9 Å². The Morgan fingerprint density at radius 3 is 1.50 bits per heavy atom. The van der Waals surface area contributed by atoms with Gasteiger partial charge in [0.15, 0.2) is 0 Å². The van der Waals surface area contributed by atoms with E-state index in [1.54, 1.807) is 48.5 Å². The lowest BCUT2D eigenvalue weighted by Crippen LogP contribution is -2.63. The molecule has 36 heavy (non-hydrogen) atoms. The van der Waals surface area contributed by atoms with E-state index < -0.39 is 11.4 Å². The SMILES string of the molecule is O=C(C(Oc1ccccc1Cl)(C1CC1)n1cncn1)C(Oc1ccccc1Cl)(C1CC1)n1cncn1. The molecule has 2 heterocycles. The number of nitrogens with zero attached hydrogens (tertiary/aromatic N) is 6. The first-order valence-corrected chi connectivity index (χ1v) is 12.4. The predicted molar refractivity (Wildman–Crippen MR) is 131 cm³/mol. The number of carbonyl (C=O) groups is 1. The molecule has 0 saturated heterocycles. The van der Waals surface area contributed by atoms with Crippen LogP contribution in [0.2, 0.25) is 10.0 Å². The van der Waals surface area contributed by atoms with Crippen LogP contribution in [0.4, 0.5) is 0 Å². The summed E-state index contributed by atoms with van der Waals surface area (Å²) in [6.07, 6.45) is 8.73. The van der Waals surface area contributed by atoms with Crippen molar-refractivity contribution >= 4 is 29.0 Å². The van der Waals surface area contributed by atoms with Crippen LogP contribution in [0.1, 0.15) is 25.7 Å². The molecule has 9 nitrogen and oxygen atoms in total. The van der Waals surface area contributed by atoms with Gasteiger partial charge in [-0.2, -0.15) is 10.2 Å². The molecule has 2 aliphatic carbocycles. The van der Waals surface area contributed by atoms with E-state index in [1.165, 1.54) is 34.7 Å². The van der Waals surface area contributed by atoms with Crippen molar-refractivity contribution < 1.29 is 14.3 Å². The average Bonchev–Trinajstić information content (AvgIpc) is 3.80. The second kappa shape index (κ2) is 8.90. The minimum absolute atomic E-state index is 0.195. The van der Waals surface area contributed by atoms with E-state index in [-0.39, 0.29) is 17.6 Å². The Hall–Kier alpha value is -3.43. The molecule has 4 aromatic rings. The van der Waals surface area contributed by atoms with Gasteiger partial charge < -0.3 is 9.47 Å². The van der Waals surface area contributed by atoms with E-state index in [4.69, 9.17) is 32.7 Å². The molecule has 2 aromatic heterocycles. The van der Waals surface area contributed by atoms with Crippen LogP contribution in [0.15, 0.2) is 73.8 Å². The van der Waals surface area contributed by atoms with Crippen LogP contribution in [0.3, 0.4) is 0 Å². The van der Waals surface area contributed by atoms with E-state index in [0.717, 1.165) is 25.7 Å². The van der Waals surface area contributed by atoms with Crippen molar-refractivity contribution in [2.24, 2.45) is 11.8 Å². The molecule has 2 aliphatic rings. The second-order valence-electron chi connectivity index (χ2n) is 9.02. The Morgan fingerprint density at radius 1 is 0.750 bits per heavy atom. The zero-order valence-electron chi connectivity index (χ0n) is 19.1. The molecule has 0 amide bonds. The van der Waals surface area contributed by atoms with E-state index >= 15 is 4.79 Å². The van der Waals surface area contributed by atoms with Crippen molar-refractivity contribution in [2.75, 3.05) is 0 Å². The van der Waals surface area contributed by atoms with E-state index in [9.17, 15) is 0 Å². The van der Waals surface area contributed by atoms with Gasteiger partial charge in [-0.25, -0.2) is 19.3 Å². The van der Waals surface area contributed by atoms with Crippen LogP contribution < -0.4 is 9.47 Å². The molecule has 2 unspecified atom stereocenters. The van der Waals surface area contributed by atoms with Crippen molar-refractivity contribution in [3.05, 3.63) is 83.9 Å². The third-order valence-corrected chi connectivity index (χ3v) is 7.26. The summed E-state index contributed by atoms with van der Waals surface area (Å²) in [7, 11) is 0. The van der Waals surface area contributed by atoms with Gasteiger partial charge in [0, 0.05) is 11.8 Å². The summed E-state index contributed by atoms with van der Waals surface area (Å²) >= 11 is 13.0. The first-order chi connectivity index (χ1) is 17.6. The highest BCUT2D eigenvalue weighted by Gasteiger charge is 2.68. The molecule has 0 bridgehead atoms. The largest absolute Gasteiger partial charge is 0.456 e. The number of aromatic nitrogens is 6. The lowest BCUT2D eigenvalue weighted by Gasteiger charge is -2.42. The smallest absolute Gasteiger partial charge is 0.271 e. The molecular weight excluding hydrogens is 503 g/mol. The molecule has 0 radical (unpaired) electrons. The summed E-state index contributed by atoms with van der Waals surface area (Å²) < 4.78 is 16.2. The van der Waals surface area contributed by atoms with Crippen LogP contribution in [0.5, 0.6) is 11.5 Å². The van der Waals surface area contributed by atoms with Crippen molar-refractivity contribution in [3.8, 4) is 11.5 Å². The molecule has 0 aliphatic heterocycles. The lowest BCUT2D eigenvalue weighted by molar-refractivity contribution is -0.181. The van der Waals surface area contributed by atoms with Crippen LogP contribution in [-0.4, -0.2) is 35.3 Å². The van der Waals surface area contributed by atoms with Gasteiger partial charge in [0.05, 0.1) is 10.0 Å². The van der Waals surface area contributed by atoms with Crippen molar-refractivity contribution in [2.45, 2.75) is 37.1 Å². The number of para-hydroxylation sites is 2. The predicted octanol–water partition coefficient (Wildman–Crippen LogP) is 4.73. The highest BCUT2D eigenvalue weighted by Crippen LogP contribution is 2.54. The van der Waals surface area contributed by atoms with Gasteiger partial charge in [0.1, 0.15) is 36.8 Å². The van der Waals surface area contributed by atoms with Crippen LogP contribution in [-0.2, 0) is 16.2 Å². The van der Waals surface area contributed by atoms with Gasteiger partial charge in [0.2, 0.25) is 0 Å². The normalized spacial score (nSPS) is 18.7. The van der Waals surface area contributed by atoms with Gasteiger partial charge >= 0.3 is 0 Å². The van der Waals surface area contributed by atoms with Crippen LogP contribution in [0.25, 0.3) is 0 Å². The topological polar surface area (TPSA) is 97.0 Å². The first-order valence-electron chi connectivity index (χ1n) is 11.7. The van der Waals surface area contributed by atoms with Gasteiger partial charge in [-0.15, -0.1) is 0 Å². The van der Waals surface area contributed by atoms with E-state index in [0.29, 0.717) is 21.5 Å². The number of benzene rings is 2. The zero-order chi connectivity index (χ0) is 24.8. The first kappa shape index (κ1) is 23.0. The van der Waals surface area contributed by atoms with Crippen LogP contribution in [0, 0.1) is 11.8 Å². The van der Waals surface area contributed by atoms with Crippen molar-refractivity contribution in [1.82, 2.24) is 29.5 Å². The monoisotopic (exact) mass is 524 g/mol. The maximum Gasteiger partial charge on any atom is 0.271 e. The summed E-state index contributed by atoms with van der Waals surface area (Å²) in [5, 5.41) is 9.52. The zero-order valence-corrected chi connectivity index (χ0v) is 20.6. The number of hydrogen-bond donors (Lipinski definition) is 0. The molecule has 0 N–H and O–H groups in total. The average molecular weight is 525 g/mol. The Bertz CT molecular complexity index is 1270. The Labute approximate surface area is 217 Å². The number of hydrogen-bond acceptors (Lipinski definition) is 7. The number of ether oxygens (including phenoxy) is 2. The standard InChI is InChI=1S/C25H22Cl2N6O3/c26-19-5-1-3-7-21(19)35-24(17-9-10-17,32-15-28-13-30-32)23(34)25(18-11-12-18,33-16-29-14-31-33)36-22-8-4-2-6-20(22)27/h1-8,13-18H,9-12H2. The van der Waals surface area contributed by atoms with Crippen LogP contribution >= 0.6 is 23.2 Å². The number of ketones is 1. The third kappa shape index (κ3) is 3.74. The second-order valence-corrected chi connectivity index (χ2v) is 9.83. The molecule has 6 rings (SSSR count). The van der Waals surface area contributed by atoms with Gasteiger partial charge in [0.25, 0.3) is 17.2 Å². The number of rotatable bonds is 10. The Balaban J connectivity index is 1.57. The Morgan fingerprint density at radius 2 is 1.17 bits per heavy atom. The maximum absolute atomic E-state index is 15.2. The lowest BCUT2D eigenvalue weighted by atomic mass is 9.89. The molecular formula is C25H22Cl2N6O3. The molecule has 2 aromatic carbocycles. The third-order valence-electron chi connectivity index (χ3n) is 6.63. The maximum atomic E-state index is 15.2. The highest BCUT2D eigenvalue weighted by atomic mass is 35.5. The molecule has 2 saturated carbocycles. The fourth-order valence-electron chi connectivity index (χ4n) is 4.66. The highest BCUT2D eigenvalue weighted by molar-refractivity contribution is 6.32. The fourth-order valence-corrected chi connectivity index (χ4v) is 5.01. The summed E-state index contributed by atoms with van der Waals surface area (Å²) in [6, 6.07) is 14.1. The minimum atomic E-state index is -1.60. The van der Waals surface area contributed by atoms with E-state index in [2.05, 4.69) is 20.2 Å². The van der Waals surface area contributed by atoms with Gasteiger partial charge in [-0.3, -0.25) is 4.79 Å². The molecule has 0 spiro atoms. The molecule has 2 fully saturated rings. The number of Topliss-reactive ketones (excluding diaryl/α,β-unsaturated/α-hetero) is 1. The quantitative estimate of drug-likeness (QED) is 0.295. The molecule has 184 valence electrons. The molecule has 11 heteroatoms. The summed E-state index contributed by atoms with van der Waals surface area (Å²) in [5.74, 6) is -0.0540. The van der Waals surface area contributed by atoms with Crippen molar-refractivity contribution in [1.29, 1.82) is 0 Å². The summed E-state index contributed by atoms with van der Waals surface area (Å²) in [6.45, 7) is 0. The minimum Gasteiger partial charge on any atom is -0.456 e. The summed E-state index contributed by atoms with van der Waals surface area (Å²) in [4.78, 5) is 23.4. The summed E-state index contributed by atoms with van der Waals surface area (Å²) in [5.41, 5.74) is -3.20.